The van der Waals surface area contributed by atoms with Crippen molar-refractivity contribution in [1.82, 2.24) is 14.9 Å². The molecule has 0 aliphatic heterocycles. The second kappa shape index (κ2) is 6.93. The first-order valence-corrected chi connectivity index (χ1v) is 7.91. The number of amides is 1. The zero-order chi connectivity index (χ0) is 17.1. The van der Waals surface area contributed by atoms with E-state index in [9.17, 15) is 9.18 Å². The molecule has 0 bridgehead atoms. The van der Waals surface area contributed by atoms with Gasteiger partial charge in [0.05, 0.1) is 17.6 Å². The van der Waals surface area contributed by atoms with Crippen LogP contribution in [0.5, 0.6) is 0 Å². The average molecular weight is 344 g/mol. The van der Waals surface area contributed by atoms with Gasteiger partial charge in [0.2, 0.25) is 0 Å². The maximum Gasteiger partial charge on any atom is 0.256 e. The molecule has 0 saturated heterocycles. The Kier molecular flexibility index (Phi) is 4.71. The molecule has 0 aliphatic carbocycles. The molecule has 1 amide bonds. The van der Waals surface area contributed by atoms with Crippen LogP contribution in [0.2, 0.25) is 5.02 Å². The molecule has 1 aromatic heterocycles. The Balaban J connectivity index is 1.97. The van der Waals surface area contributed by atoms with Crippen LogP contribution in [-0.2, 0) is 6.54 Å². The van der Waals surface area contributed by atoms with Gasteiger partial charge < -0.3 is 4.90 Å². The third-order valence-corrected chi connectivity index (χ3v) is 4.16. The number of nitrogens with zero attached hydrogens (tertiary/aromatic N) is 3. The van der Waals surface area contributed by atoms with Crippen LogP contribution in [0.15, 0.2) is 48.8 Å². The van der Waals surface area contributed by atoms with Gasteiger partial charge in [-0.1, -0.05) is 23.7 Å². The summed E-state index contributed by atoms with van der Waals surface area (Å²) in [5.41, 5.74) is 1.92. The first-order valence-electron chi connectivity index (χ1n) is 7.53. The lowest BCUT2D eigenvalue weighted by atomic mass is 10.1. The molecule has 0 saturated carbocycles. The van der Waals surface area contributed by atoms with Gasteiger partial charge in [-0.25, -0.2) is 4.39 Å². The van der Waals surface area contributed by atoms with E-state index in [0.717, 1.165) is 0 Å². The van der Waals surface area contributed by atoms with Crippen LogP contribution < -0.4 is 0 Å². The van der Waals surface area contributed by atoms with Crippen molar-refractivity contribution in [3.05, 3.63) is 70.8 Å². The molecular weight excluding hydrogens is 329 g/mol. The molecule has 122 valence electrons. The predicted molar refractivity (Wildman–Crippen MR) is 91.4 cm³/mol. The number of fused-ring (bicyclic) bond motifs is 1. The third-order valence-electron chi connectivity index (χ3n) is 3.81. The van der Waals surface area contributed by atoms with Gasteiger partial charge in [-0.05, 0) is 31.2 Å². The number of rotatable bonds is 4. The second-order valence-corrected chi connectivity index (χ2v) is 5.66. The molecule has 3 rings (SSSR count). The van der Waals surface area contributed by atoms with E-state index < -0.39 is 5.82 Å². The van der Waals surface area contributed by atoms with E-state index in [1.807, 2.05) is 6.92 Å². The van der Waals surface area contributed by atoms with Crippen molar-refractivity contribution in [2.24, 2.45) is 0 Å². The van der Waals surface area contributed by atoms with Crippen LogP contribution in [0.25, 0.3) is 11.0 Å². The molecule has 0 atom stereocenters. The molecule has 2 aromatic carbocycles. The molecular formula is C18H15ClFN3O. The van der Waals surface area contributed by atoms with Crippen LogP contribution in [-0.4, -0.2) is 27.3 Å². The minimum atomic E-state index is -0.425. The van der Waals surface area contributed by atoms with Crippen LogP contribution in [0.1, 0.15) is 22.8 Å². The van der Waals surface area contributed by atoms with Gasteiger partial charge in [0.15, 0.2) is 0 Å². The van der Waals surface area contributed by atoms with Crippen LogP contribution in [0.3, 0.4) is 0 Å². The maximum atomic E-state index is 14.0. The number of hydrogen-bond donors (Lipinski definition) is 0. The van der Waals surface area contributed by atoms with Gasteiger partial charge in [-0.3, -0.25) is 14.8 Å². The van der Waals surface area contributed by atoms with Gasteiger partial charge in [0.1, 0.15) is 11.3 Å². The normalized spacial score (nSPS) is 10.8. The Labute approximate surface area is 143 Å². The highest BCUT2D eigenvalue weighted by Gasteiger charge is 2.20. The number of hydrogen-bond acceptors (Lipinski definition) is 3. The number of halogens is 2. The Bertz CT molecular complexity index is 875. The molecule has 6 heteroatoms. The highest BCUT2D eigenvalue weighted by atomic mass is 35.5. The fourth-order valence-electron chi connectivity index (χ4n) is 2.54. The smallest absolute Gasteiger partial charge is 0.256 e. The minimum absolute atomic E-state index is 0.0947. The molecule has 0 unspecified atom stereocenters. The van der Waals surface area contributed by atoms with E-state index in [-0.39, 0.29) is 12.5 Å². The van der Waals surface area contributed by atoms with Crippen molar-refractivity contribution in [3.8, 4) is 0 Å². The molecule has 0 spiro atoms. The van der Waals surface area contributed by atoms with Crippen LogP contribution in [0.4, 0.5) is 4.39 Å². The van der Waals surface area contributed by atoms with E-state index in [0.29, 0.717) is 33.7 Å². The summed E-state index contributed by atoms with van der Waals surface area (Å²) in [5.74, 6) is -0.658. The topological polar surface area (TPSA) is 46.1 Å². The van der Waals surface area contributed by atoms with E-state index in [1.165, 1.54) is 11.0 Å². The minimum Gasteiger partial charge on any atom is -0.334 e. The van der Waals surface area contributed by atoms with E-state index >= 15 is 0 Å². The largest absolute Gasteiger partial charge is 0.334 e. The predicted octanol–water partition coefficient (Wildman–Crippen LogP) is 4.08. The Morgan fingerprint density at radius 2 is 1.92 bits per heavy atom. The lowest BCUT2D eigenvalue weighted by molar-refractivity contribution is 0.0753. The molecule has 4 nitrogen and oxygen atoms in total. The zero-order valence-electron chi connectivity index (χ0n) is 13.0. The summed E-state index contributed by atoms with van der Waals surface area (Å²) in [5, 5.41) is 0.305. The Morgan fingerprint density at radius 3 is 2.67 bits per heavy atom. The molecule has 0 N–H and O–H groups in total. The third kappa shape index (κ3) is 3.08. The summed E-state index contributed by atoms with van der Waals surface area (Å²) < 4.78 is 14.0. The van der Waals surface area contributed by atoms with Crippen molar-refractivity contribution in [3.63, 3.8) is 0 Å². The summed E-state index contributed by atoms with van der Waals surface area (Å²) in [7, 11) is 0. The second-order valence-electron chi connectivity index (χ2n) is 5.25. The van der Waals surface area contributed by atoms with Gasteiger partial charge in [0, 0.05) is 29.5 Å². The Hall–Kier alpha value is -2.53. The molecule has 0 aliphatic rings. The van der Waals surface area contributed by atoms with Crippen molar-refractivity contribution in [2.75, 3.05) is 6.54 Å². The summed E-state index contributed by atoms with van der Waals surface area (Å²) in [6.07, 6.45) is 3.12. The van der Waals surface area contributed by atoms with Crippen LogP contribution in [0, 0.1) is 5.82 Å². The van der Waals surface area contributed by atoms with Gasteiger partial charge in [-0.2, -0.15) is 0 Å². The standard InChI is InChI=1S/C18H15ClFN3O/c1-2-23(11-13-14(19)6-4-7-15(13)20)18(24)12-5-3-8-16-17(12)22-10-9-21-16/h3-10H,2,11H2,1H3. The molecule has 0 radical (unpaired) electrons. The van der Waals surface area contributed by atoms with E-state index in [2.05, 4.69) is 9.97 Å². The first kappa shape index (κ1) is 16.3. The molecule has 24 heavy (non-hydrogen) atoms. The lowest BCUT2D eigenvalue weighted by Gasteiger charge is -2.22. The monoisotopic (exact) mass is 343 g/mol. The highest BCUT2D eigenvalue weighted by Crippen LogP contribution is 2.23. The highest BCUT2D eigenvalue weighted by molar-refractivity contribution is 6.31. The SMILES string of the molecule is CCN(Cc1c(F)cccc1Cl)C(=O)c1cccc2nccnc12. The Morgan fingerprint density at radius 1 is 1.17 bits per heavy atom. The fraction of sp³-hybridized carbons (Fsp3) is 0.167. The van der Waals surface area contributed by atoms with Gasteiger partial charge >= 0.3 is 0 Å². The number of carbonyl (C=O) groups excluding carboxylic acids is 1. The summed E-state index contributed by atoms with van der Waals surface area (Å²) in [4.78, 5) is 22.9. The van der Waals surface area contributed by atoms with E-state index in [4.69, 9.17) is 11.6 Å². The number of para-hydroxylation sites is 1. The van der Waals surface area contributed by atoms with Gasteiger partial charge in [-0.15, -0.1) is 0 Å². The van der Waals surface area contributed by atoms with Crippen molar-refractivity contribution in [1.29, 1.82) is 0 Å². The van der Waals surface area contributed by atoms with Crippen LogP contribution >= 0.6 is 11.6 Å². The molecule has 1 heterocycles. The summed E-state index contributed by atoms with van der Waals surface area (Å²) >= 11 is 6.08. The van der Waals surface area contributed by atoms with Crippen molar-refractivity contribution >= 4 is 28.5 Å². The number of benzene rings is 2. The quantitative estimate of drug-likeness (QED) is 0.717. The lowest BCUT2D eigenvalue weighted by Crippen LogP contribution is -2.31. The van der Waals surface area contributed by atoms with Crippen molar-refractivity contribution in [2.45, 2.75) is 13.5 Å². The summed E-state index contributed by atoms with van der Waals surface area (Å²) in [6, 6.07) is 9.74. The maximum absolute atomic E-state index is 14.0. The zero-order valence-corrected chi connectivity index (χ0v) is 13.8. The molecule has 0 fully saturated rings. The summed E-state index contributed by atoms with van der Waals surface area (Å²) in [6.45, 7) is 2.35. The number of aromatic nitrogens is 2. The molecule has 3 aromatic rings. The average Bonchev–Trinajstić information content (AvgIpc) is 2.60. The van der Waals surface area contributed by atoms with Crippen molar-refractivity contribution < 1.29 is 9.18 Å². The first-order chi connectivity index (χ1) is 11.6. The van der Waals surface area contributed by atoms with E-state index in [1.54, 1.807) is 42.7 Å². The number of carbonyl (C=O) groups is 1. The van der Waals surface area contributed by atoms with Gasteiger partial charge in [0.25, 0.3) is 5.91 Å². The fourth-order valence-corrected chi connectivity index (χ4v) is 2.76.